The standard InChI is InChI=1S/C16H18ClFN2O/c1-11(2)8-20-9-12-5-6-19-10-16(12)21-13-3-4-15(18)14(17)7-13/h3-7,10-11,20H,8-9H2,1-2H3. The number of halogens is 2. The molecule has 0 unspecified atom stereocenters. The van der Waals surface area contributed by atoms with E-state index in [-0.39, 0.29) is 5.02 Å². The summed E-state index contributed by atoms with van der Waals surface area (Å²) in [5.41, 5.74) is 0.992. The number of rotatable bonds is 6. The molecule has 1 aromatic heterocycles. The second kappa shape index (κ2) is 7.38. The van der Waals surface area contributed by atoms with Crippen molar-refractivity contribution in [2.24, 2.45) is 5.92 Å². The molecule has 0 aliphatic rings. The van der Waals surface area contributed by atoms with Crippen LogP contribution in [0.4, 0.5) is 4.39 Å². The molecule has 3 nitrogen and oxygen atoms in total. The summed E-state index contributed by atoms with van der Waals surface area (Å²) < 4.78 is 18.9. The topological polar surface area (TPSA) is 34.2 Å². The van der Waals surface area contributed by atoms with E-state index in [0.29, 0.717) is 24.0 Å². The largest absolute Gasteiger partial charge is 0.455 e. The SMILES string of the molecule is CC(C)CNCc1ccncc1Oc1ccc(F)c(Cl)c1. The van der Waals surface area contributed by atoms with Crippen molar-refractivity contribution in [1.29, 1.82) is 0 Å². The Bertz CT molecular complexity index is 605. The summed E-state index contributed by atoms with van der Waals surface area (Å²) >= 11 is 5.76. The van der Waals surface area contributed by atoms with Gasteiger partial charge in [0.2, 0.25) is 0 Å². The zero-order valence-electron chi connectivity index (χ0n) is 12.1. The molecule has 0 atom stereocenters. The van der Waals surface area contributed by atoms with Crippen LogP contribution in [-0.4, -0.2) is 11.5 Å². The van der Waals surface area contributed by atoms with Gasteiger partial charge in [0.1, 0.15) is 17.3 Å². The molecule has 5 heteroatoms. The van der Waals surface area contributed by atoms with Crippen molar-refractivity contribution in [3.05, 3.63) is 53.1 Å². The van der Waals surface area contributed by atoms with Crippen molar-refractivity contribution in [3.63, 3.8) is 0 Å². The molecule has 0 fully saturated rings. The molecule has 0 aliphatic carbocycles. The Kier molecular flexibility index (Phi) is 5.53. The third-order valence-electron chi connectivity index (χ3n) is 2.86. The molecule has 1 aromatic carbocycles. The molecular weight excluding hydrogens is 291 g/mol. The van der Waals surface area contributed by atoms with Gasteiger partial charge in [0.25, 0.3) is 0 Å². The van der Waals surface area contributed by atoms with Crippen molar-refractivity contribution in [1.82, 2.24) is 10.3 Å². The average Bonchev–Trinajstić information content (AvgIpc) is 2.44. The Balaban J connectivity index is 2.10. The molecule has 1 heterocycles. The van der Waals surface area contributed by atoms with Crippen LogP contribution in [-0.2, 0) is 6.54 Å². The minimum Gasteiger partial charge on any atom is -0.455 e. The van der Waals surface area contributed by atoms with Crippen LogP contribution in [0, 0.1) is 11.7 Å². The van der Waals surface area contributed by atoms with Gasteiger partial charge < -0.3 is 10.1 Å². The smallest absolute Gasteiger partial charge is 0.150 e. The molecule has 0 bridgehead atoms. The second-order valence-corrected chi connectivity index (χ2v) is 5.59. The zero-order chi connectivity index (χ0) is 15.2. The predicted molar refractivity (Wildman–Crippen MR) is 82.3 cm³/mol. The number of pyridine rings is 1. The Hall–Kier alpha value is -1.65. The molecule has 0 spiro atoms. The Morgan fingerprint density at radius 3 is 2.86 bits per heavy atom. The lowest BCUT2D eigenvalue weighted by Gasteiger charge is -2.12. The van der Waals surface area contributed by atoms with Crippen LogP contribution in [0.3, 0.4) is 0 Å². The van der Waals surface area contributed by atoms with Gasteiger partial charge in [-0.05, 0) is 30.7 Å². The van der Waals surface area contributed by atoms with Crippen molar-refractivity contribution < 1.29 is 9.13 Å². The molecule has 1 N–H and O–H groups in total. The monoisotopic (exact) mass is 308 g/mol. The van der Waals surface area contributed by atoms with Gasteiger partial charge in [0.15, 0.2) is 0 Å². The van der Waals surface area contributed by atoms with E-state index in [9.17, 15) is 4.39 Å². The maximum absolute atomic E-state index is 13.1. The third-order valence-corrected chi connectivity index (χ3v) is 3.15. The van der Waals surface area contributed by atoms with Crippen molar-refractivity contribution in [2.75, 3.05) is 6.54 Å². The molecule has 0 aliphatic heterocycles. The molecule has 2 aromatic rings. The number of nitrogens with one attached hydrogen (secondary N) is 1. The fourth-order valence-corrected chi connectivity index (χ4v) is 1.98. The minimum atomic E-state index is -0.464. The van der Waals surface area contributed by atoms with Gasteiger partial charge in [-0.15, -0.1) is 0 Å². The summed E-state index contributed by atoms with van der Waals surface area (Å²) in [4.78, 5) is 4.06. The van der Waals surface area contributed by atoms with E-state index in [1.807, 2.05) is 6.07 Å². The molecule has 112 valence electrons. The fraction of sp³-hybridized carbons (Fsp3) is 0.312. The van der Waals surface area contributed by atoms with Gasteiger partial charge in [0, 0.05) is 24.4 Å². The van der Waals surface area contributed by atoms with Gasteiger partial charge in [0.05, 0.1) is 11.2 Å². The number of hydrogen-bond acceptors (Lipinski definition) is 3. The van der Waals surface area contributed by atoms with Crippen LogP contribution in [0.5, 0.6) is 11.5 Å². The highest BCUT2D eigenvalue weighted by molar-refractivity contribution is 6.30. The number of benzene rings is 1. The normalized spacial score (nSPS) is 10.9. The van der Waals surface area contributed by atoms with E-state index >= 15 is 0 Å². The van der Waals surface area contributed by atoms with E-state index in [0.717, 1.165) is 12.1 Å². The van der Waals surface area contributed by atoms with Gasteiger partial charge >= 0.3 is 0 Å². The summed E-state index contributed by atoms with van der Waals surface area (Å²) in [7, 11) is 0. The molecule has 0 saturated heterocycles. The quantitative estimate of drug-likeness (QED) is 0.858. The Morgan fingerprint density at radius 1 is 1.33 bits per heavy atom. The van der Waals surface area contributed by atoms with Gasteiger partial charge in [-0.2, -0.15) is 0 Å². The Labute approximate surface area is 129 Å². The molecular formula is C16H18ClFN2O. The first-order valence-electron chi connectivity index (χ1n) is 6.82. The van der Waals surface area contributed by atoms with Crippen LogP contribution in [0.25, 0.3) is 0 Å². The number of ether oxygens (including phenoxy) is 1. The Morgan fingerprint density at radius 2 is 2.14 bits per heavy atom. The maximum atomic E-state index is 13.1. The van der Waals surface area contributed by atoms with Crippen LogP contribution in [0.15, 0.2) is 36.7 Å². The maximum Gasteiger partial charge on any atom is 0.150 e. The molecule has 2 rings (SSSR count). The predicted octanol–water partition coefficient (Wildman–Crippen LogP) is 4.41. The van der Waals surface area contributed by atoms with Crippen molar-refractivity contribution >= 4 is 11.6 Å². The van der Waals surface area contributed by atoms with E-state index in [1.165, 1.54) is 12.1 Å². The lowest BCUT2D eigenvalue weighted by atomic mass is 10.2. The first-order chi connectivity index (χ1) is 10.1. The van der Waals surface area contributed by atoms with Gasteiger partial charge in [-0.25, -0.2) is 4.39 Å². The van der Waals surface area contributed by atoms with Gasteiger partial charge in [-0.3, -0.25) is 4.98 Å². The number of nitrogens with zero attached hydrogens (tertiary/aromatic N) is 1. The van der Waals surface area contributed by atoms with Crippen LogP contribution >= 0.6 is 11.6 Å². The van der Waals surface area contributed by atoms with E-state index in [4.69, 9.17) is 16.3 Å². The lowest BCUT2D eigenvalue weighted by Crippen LogP contribution is -2.19. The van der Waals surface area contributed by atoms with Crippen molar-refractivity contribution in [2.45, 2.75) is 20.4 Å². The molecule has 21 heavy (non-hydrogen) atoms. The first-order valence-corrected chi connectivity index (χ1v) is 7.20. The number of aromatic nitrogens is 1. The number of hydrogen-bond donors (Lipinski definition) is 1. The third kappa shape index (κ3) is 4.69. The second-order valence-electron chi connectivity index (χ2n) is 5.19. The van der Waals surface area contributed by atoms with E-state index in [2.05, 4.69) is 24.1 Å². The zero-order valence-corrected chi connectivity index (χ0v) is 12.8. The van der Waals surface area contributed by atoms with E-state index < -0.39 is 5.82 Å². The highest BCUT2D eigenvalue weighted by Gasteiger charge is 2.07. The molecule has 0 amide bonds. The first kappa shape index (κ1) is 15.7. The average molecular weight is 309 g/mol. The minimum absolute atomic E-state index is 0.0378. The summed E-state index contributed by atoms with van der Waals surface area (Å²) in [6, 6.07) is 6.17. The van der Waals surface area contributed by atoms with Crippen LogP contribution in [0.1, 0.15) is 19.4 Å². The fourth-order valence-electron chi connectivity index (χ4n) is 1.81. The van der Waals surface area contributed by atoms with Crippen LogP contribution in [0.2, 0.25) is 5.02 Å². The summed E-state index contributed by atoms with van der Waals surface area (Å²) in [6.07, 6.45) is 3.36. The molecule has 0 saturated carbocycles. The van der Waals surface area contributed by atoms with Crippen molar-refractivity contribution in [3.8, 4) is 11.5 Å². The highest BCUT2D eigenvalue weighted by atomic mass is 35.5. The molecule has 0 radical (unpaired) electrons. The highest BCUT2D eigenvalue weighted by Crippen LogP contribution is 2.27. The van der Waals surface area contributed by atoms with Crippen LogP contribution < -0.4 is 10.1 Å². The summed E-state index contributed by atoms with van der Waals surface area (Å²) in [5, 5.41) is 3.39. The lowest BCUT2D eigenvalue weighted by molar-refractivity contribution is 0.465. The summed E-state index contributed by atoms with van der Waals surface area (Å²) in [6.45, 7) is 5.91. The summed E-state index contributed by atoms with van der Waals surface area (Å²) in [5.74, 6) is 1.23. The van der Waals surface area contributed by atoms with Gasteiger partial charge in [-0.1, -0.05) is 25.4 Å². The van der Waals surface area contributed by atoms with E-state index in [1.54, 1.807) is 18.5 Å².